The van der Waals surface area contributed by atoms with Crippen LogP contribution in [0.1, 0.15) is 23.5 Å². The molecule has 13 heavy (non-hydrogen) atoms. The number of thiazole rings is 1. The maximum Gasteiger partial charge on any atom is 0.263 e. The van der Waals surface area contributed by atoms with Gasteiger partial charge in [-0.05, 0) is 13.8 Å². The van der Waals surface area contributed by atoms with E-state index in [0.29, 0.717) is 4.88 Å². The van der Waals surface area contributed by atoms with E-state index >= 15 is 0 Å². The van der Waals surface area contributed by atoms with Crippen molar-refractivity contribution < 1.29 is 4.79 Å². The predicted molar refractivity (Wildman–Crippen MR) is 57.5 cm³/mol. The lowest BCUT2D eigenvalue weighted by molar-refractivity contribution is 0.0925. The Kier molecular flexibility index (Phi) is 3.44. The van der Waals surface area contributed by atoms with Gasteiger partial charge in [-0.25, -0.2) is 0 Å². The van der Waals surface area contributed by atoms with Gasteiger partial charge in [-0.3, -0.25) is 9.78 Å². The van der Waals surface area contributed by atoms with Crippen LogP contribution in [-0.4, -0.2) is 21.8 Å². The number of hydrogen-bond acceptors (Lipinski definition) is 3. The molecule has 0 saturated carbocycles. The van der Waals surface area contributed by atoms with E-state index in [1.54, 1.807) is 11.7 Å². The molecule has 0 aliphatic carbocycles. The molecule has 1 aromatic heterocycles. The van der Waals surface area contributed by atoms with Crippen molar-refractivity contribution in [3.05, 3.63) is 16.6 Å². The van der Waals surface area contributed by atoms with Gasteiger partial charge in [-0.1, -0.05) is 15.9 Å². The number of hydrogen-bond donors (Lipinski definition) is 1. The van der Waals surface area contributed by atoms with Gasteiger partial charge in [0.15, 0.2) is 0 Å². The van der Waals surface area contributed by atoms with E-state index < -0.39 is 0 Å². The first-order valence-corrected chi connectivity index (χ1v) is 5.82. The van der Waals surface area contributed by atoms with Crippen molar-refractivity contribution in [1.29, 1.82) is 0 Å². The molecule has 3 nitrogen and oxygen atoms in total. The van der Waals surface area contributed by atoms with E-state index in [-0.39, 0.29) is 11.4 Å². The van der Waals surface area contributed by atoms with Gasteiger partial charge in [0.1, 0.15) is 4.88 Å². The summed E-state index contributed by atoms with van der Waals surface area (Å²) in [6.45, 7) is 3.92. The number of nitrogens with one attached hydrogen (secondary N) is 1. The van der Waals surface area contributed by atoms with Crippen LogP contribution in [-0.2, 0) is 0 Å². The average molecular weight is 263 g/mol. The van der Waals surface area contributed by atoms with Crippen molar-refractivity contribution in [2.24, 2.45) is 0 Å². The Morgan fingerprint density at radius 2 is 2.46 bits per heavy atom. The number of carbonyl (C=O) groups is 1. The molecular weight excluding hydrogens is 252 g/mol. The van der Waals surface area contributed by atoms with Crippen molar-refractivity contribution in [1.82, 2.24) is 10.3 Å². The van der Waals surface area contributed by atoms with Crippen molar-refractivity contribution in [2.45, 2.75) is 19.4 Å². The molecule has 0 aromatic carbocycles. The quantitative estimate of drug-likeness (QED) is 0.848. The van der Waals surface area contributed by atoms with Gasteiger partial charge in [0.05, 0.1) is 11.7 Å². The third-order valence-corrected chi connectivity index (χ3v) is 3.62. The topological polar surface area (TPSA) is 42.0 Å². The predicted octanol–water partition coefficient (Wildman–Crippen LogP) is 2.05. The highest BCUT2D eigenvalue weighted by Gasteiger charge is 2.20. The summed E-state index contributed by atoms with van der Waals surface area (Å²) in [6, 6.07) is 0. The molecule has 1 heterocycles. The van der Waals surface area contributed by atoms with E-state index in [4.69, 9.17) is 0 Å². The second kappa shape index (κ2) is 4.19. The molecule has 1 amide bonds. The SMILES string of the molecule is CC(C)(CBr)NC(=O)c1cncs1. The standard InChI is InChI=1S/C8H11BrN2OS/c1-8(2,4-9)11-7(12)6-3-10-5-13-6/h3,5H,4H2,1-2H3,(H,11,12). The lowest BCUT2D eigenvalue weighted by Gasteiger charge is -2.22. The highest BCUT2D eigenvalue weighted by atomic mass is 79.9. The molecule has 0 bridgehead atoms. The van der Waals surface area contributed by atoms with E-state index in [1.807, 2.05) is 13.8 Å². The number of nitrogens with zero attached hydrogens (tertiary/aromatic N) is 1. The normalized spacial score (nSPS) is 11.3. The van der Waals surface area contributed by atoms with Gasteiger partial charge in [-0.15, -0.1) is 11.3 Å². The van der Waals surface area contributed by atoms with Crippen LogP contribution in [0.5, 0.6) is 0 Å². The Morgan fingerprint density at radius 3 is 2.92 bits per heavy atom. The summed E-state index contributed by atoms with van der Waals surface area (Å²) in [5.74, 6) is -0.0630. The van der Waals surface area contributed by atoms with Crippen LogP contribution < -0.4 is 5.32 Å². The summed E-state index contributed by atoms with van der Waals surface area (Å²) in [7, 11) is 0. The first kappa shape index (κ1) is 10.7. The molecule has 0 aliphatic heterocycles. The highest BCUT2D eigenvalue weighted by Crippen LogP contribution is 2.10. The fourth-order valence-corrected chi connectivity index (χ4v) is 1.39. The number of aromatic nitrogens is 1. The van der Waals surface area contributed by atoms with Crippen molar-refractivity contribution >= 4 is 33.2 Å². The lowest BCUT2D eigenvalue weighted by Crippen LogP contribution is -2.44. The zero-order chi connectivity index (χ0) is 9.90. The number of rotatable bonds is 3. The largest absolute Gasteiger partial charge is 0.346 e. The van der Waals surface area contributed by atoms with Crippen LogP contribution in [0.3, 0.4) is 0 Å². The Bertz CT molecular complexity index is 284. The zero-order valence-corrected chi connectivity index (χ0v) is 9.91. The average Bonchev–Trinajstić information content (AvgIpc) is 2.55. The van der Waals surface area contributed by atoms with Gasteiger partial charge in [0.25, 0.3) is 5.91 Å². The van der Waals surface area contributed by atoms with Gasteiger partial charge in [0.2, 0.25) is 0 Å². The number of halogens is 1. The van der Waals surface area contributed by atoms with E-state index in [1.165, 1.54) is 11.3 Å². The second-order valence-electron chi connectivity index (χ2n) is 3.34. The Balaban J connectivity index is 2.61. The molecule has 1 aromatic rings. The molecule has 72 valence electrons. The fraction of sp³-hybridized carbons (Fsp3) is 0.500. The monoisotopic (exact) mass is 262 g/mol. The summed E-state index contributed by atoms with van der Waals surface area (Å²) in [5.41, 5.74) is 1.43. The fourth-order valence-electron chi connectivity index (χ4n) is 0.730. The minimum Gasteiger partial charge on any atom is -0.346 e. The summed E-state index contributed by atoms with van der Waals surface area (Å²) in [6.07, 6.45) is 1.57. The van der Waals surface area contributed by atoms with Gasteiger partial charge in [-0.2, -0.15) is 0 Å². The number of alkyl halides is 1. The first-order valence-electron chi connectivity index (χ1n) is 3.82. The molecule has 0 aliphatic rings. The lowest BCUT2D eigenvalue weighted by atomic mass is 10.1. The smallest absolute Gasteiger partial charge is 0.263 e. The Labute approximate surface area is 89.7 Å². The highest BCUT2D eigenvalue weighted by molar-refractivity contribution is 9.09. The Morgan fingerprint density at radius 1 is 1.77 bits per heavy atom. The number of carbonyl (C=O) groups excluding carboxylic acids is 1. The van der Waals surface area contributed by atoms with Gasteiger partial charge >= 0.3 is 0 Å². The Hall–Kier alpha value is -0.420. The molecule has 1 rings (SSSR count). The molecule has 0 atom stereocenters. The summed E-state index contributed by atoms with van der Waals surface area (Å²) in [4.78, 5) is 16.0. The minimum atomic E-state index is -0.221. The molecule has 0 unspecified atom stereocenters. The molecule has 5 heteroatoms. The van der Waals surface area contributed by atoms with Crippen molar-refractivity contribution in [2.75, 3.05) is 5.33 Å². The molecule has 1 N–H and O–H groups in total. The molecule has 0 radical (unpaired) electrons. The maximum absolute atomic E-state index is 11.5. The molecule has 0 spiro atoms. The van der Waals surface area contributed by atoms with E-state index in [2.05, 4.69) is 26.2 Å². The van der Waals surface area contributed by atoms with Crippen LogP contribution in [0.4, 0.5) is 0 Å². The van der Waals surface area contributed by atoms with Crippen molar-refractivity contribution in [3.63, 3.8) is 0 Å². The number of amides is 1. The zero-order valence-electron chi connectivity index (χ0n) is 7.50. The summed E-state index contributed by atoms with van der Waals surface area (Å²) in [5, 5.41) is 3.62. The van der Waals surface area contributed by atoms with Crippen LogP contribution in [0.25, 0.3) is 0 Å². The summed E-state index contributed by atoms with van der Waals surface area (Å²) < 4.78 is 0. The molecule has 0 saturated heterocycles. The summed E-state index contributed by atoms with van der Waals surface area (Å²) >= 11 is 4.68. The van der Waals surface area contributed by atoms with Gasteiger partial charge in [0, 0.05) is 10.9 Å². The third kappa shape index (κ3) is 3.08. The maximum atomic E-state index is 11.5. The van der Waals surface area contributed by atoms with Crippen LogP contribution in [0.15, 0.2) is 11.7 Å². The van der Waals surface area contributed by atoms with Crippen LogP contribution in [0.2, 0.25) is 0 Å². The molecular formula is C8H11BrN2OS. The van der Waals surface area contributed by atoms with E-state index in [9.17, 15) is 4.79 Å². The van der Waals surface area contributed by atoms with E-state index in [0.717, 1.165) is 5.33 Å². The first-order chi connectivity index (χ1) is 6.05. The van der Waals surface area contributed by atoms with Crippen LogP contribution in [0, 0.1) is 0 Å². The van der Waals surface area contributed by atoms with Gasteiger partial charge < -0.3 is 5.32 Å². The van der Waals surface area contributed by atoms with Crippen LogP contribution >= 0.6 is 27.3 Å². The minimum absolute atomic E-state index is 0.0630. The molecule has 0 fully saturated rings. The van der Waals surface area contributed by atoms with Crippen molar-refractivity contribution in [3.8, 4) is 0 Å². The second-order valence-corrected chi connectivity index (χ2v) is 4.78. The third-order valence-electron chi connectivity index (χ3n) is 1.44.